The van der Waals surface area contributed by atoms with E-state index in [0.29, 0.717) is 0 Å². The Morgan fingerprint density at radius 1 is 0.609 bits per heavy atom. The van der Waals surface area contributed by atoms with Crippen molar-refractivity contribution in [2.24, 2.45) is 12.5 Å². The van der Waals surface area contributed by atoms with Gasteiger partial charge in [0, 0.05) is 17.1 Å². The van der Waals surface area contributed by atoms with Crippen LogP contribution in [0.15, 0.2) is 84.2 Å². The van der Waals surface area contributed by atoms with E-state index in [0.717, 1.165) is 67.3 Å². The van der Waals surface area contributed by atoms with Gasteiger partial charge in [-0.2, -0.15) is 39.1 Å². The van der Waals surface area contributed by atoms with Crippen molar-refractivity contribution in [1.29, 1.82) is 0 Å². The summed E-state index contributed by atoms with van der Waals surface area (Å²) in [5.74, 6) is -13.5. The molecule has 1 heterocycles. The molecule has 0 saturated heterocycles. The number of alkyl halides is 8. The molecule has 0 bridgehead atoms. The summed E-state index contributed by atoms with van der Waals surface area (Å²) in [7, 11) is -19.4. The molecule has 64 heavy (non-hydrogen) atoms. The summed E-state index contributed by atoms with van der Waals surface area (Å²) in [4.78, 5) is 6.57. The third-order valence-electron chi connectivity index (χ3n) is 7.46. The van der Waals surface area contributed by atoms with Gasteiger partial charge in [0.1, 0.15) is 0 Å². The minimum atomic E-state index is -5.24. The van der Waals surface area contributed by atoms with E-state index in [4.69, 9.17) is 0 Å². The number of nitrogens with zero attached hydrogens (tertiary/aromatic N) is 4. The molecule has 32 heteroatoms. The summed E-state index contributed by atoms with van der Waals surface area (Å²) < 4.78 is 216. The fourth-order valence-electron chi connectivity index (χ4n) is 3.43. The summed E-state index contributed by atoms with van der Waals surface area (Å²) >= 11 is 0. The number of rotatable bonds is 16. The maximum atomic E-state index is 12.3. The third-order valence-corrected chi connectivity index (χ3v) is 12.7. The standard InChI is InChI=1S/C11H14F3NO4S2.C10H13F3N2O2S.C7H5F4NO3S.C4H8F2.3Li/c1-3-8(2)9-4-6-10(7-5-9)20(16,17)15-21(18,19-14)11(12)13;1-3-7(2)8-4-5-9(14-6-8)15-18(16,17-13)10(11)12;8-7(9)16(13,15-11)12-5-1-3-6(14-10)4-2-5;1-3-4(2,5)6;;;/h4-8,11H,3H2,1-2H3;4-7,10H,3H2,1-2H3;1-4,7H;3H2,1-2H3;;;/q;;;;3*+1. The molecule has 0 aliphatic rings. The minimum absolute atomic E-state index is 0. The SMILES string of the molecule is CCC(C)(F)F.CCC(C)c1ccc(N=S(=O)(OF)C(F)F)nc1.CCC(C)c1ccc(S(=O)(=O)N=S(=O)(OF)C(F)F)cc1.O=S(=Nc1ccc(OF)cc1)(OF)C(F)F.[Li+].[Li+].[Li+]. The topological polar surface area (TPSA) is 172 Å². The molecule has 3 aromatic rings. The first-order valence-electron chi connectivity index (χ1n) is 16.8. The van der Waals surface area contributed by atoms with Crippen LogP contribution in [0.25, 0.3) is 0 Å². The van der Waals surface area contributed by atoms with Crippen molar-refractivity contribution in [3.63, 3.8) is 0 Å². The van der Waals surface area contributed by atoms with Crippen molar-refractivity contribution < 1.29 is 149 Å². The van der Waals surface area contributed by atoms with Crippen molar-refractivity contribution in [2.45, 2.75) is 101 Å². The third kappa shape index (κ3) is 23.7. The maximum absolute atomic E-state index is 12.3. The van der Waals surface area contributed by atoms with Crippen molar-refractivity contribution in [1.82, 2.24) is 4.98 Å². The molecule has 0 aliphatic carbocycles. The molecule has 0 fully saturated rings. The molecule has 5 atom stereocenters. The van der Waals surface area contributed by atoms with Gasteiger partial charge in [0.05, 0.1) is 10.6 Å². The minimum Gasteiger partial charge on any atom is -0.294 e. The molecule has 1 aromatic heterocycles. The first kappa shape index (κ1) is 68.6. The zero-order valence-electron chi connectivity index (χ0n) is 35.5. The molecule has 5 unspecified atom stereocenters. The molecule has 3 rings (SSSR count). The van der Waals surface area contributed by atoms with Crippen molar-refractivity contribution in [3.05, 3.63) is 78.0 Å². The van der Waals surface area contributed by atoms with E-state index in [1.165, 1.54) is 31.3 Å². The maximum Gasteiger partial charge on any atom is 1.00 e. The number of sulfonamides is 1. The molecule has 0 saturated carbocycles. The molecule has 0 aliphatic heterocycles. The fraction of sp³-hybridized carbons (Fsp3) is 0.469. The van der Waals surface area contributed by atoms with Gasteiger partial charge in [-0.1, -0.05) is 69.7 Å². The summed E-state index contributed by atoms with van der Waals surface area (Å²) in [6.45, 7) is 10.2. The predicted octanol–water partition coefficient (Wildman–Crippen LogP) is 3.28. The van der Waals surface area contributed by atoms with Gasteiger partial charge in [-0.25, -0.2) is 26.4 Å². The molecular weight excluding hydrogens is 961 g/mol. The summed E-state index contributed by atoms with van der Waals surface area (Å²) in [6, 6.07) is 12.2. The first-order valence-corrected chi connectivity index (χ1v) is 22.7. The van der Waals surface area contributed by atoms with Crippen LogP contribution in [0.5, 0.6) is 5.75 Å². The monoisotopic (exact) mass is 1000 g/mol. The summed E-state index contributed by atoms with van der Waals surface area (Å²) in [6.07, 6.45) is 3.08. The van der Waals surface area contributed by atoms with Gasteiger partial charge in [0.15, 0.2) is 11.6 Å². The Kier molecular flexibility index (Phi) is 34.2. The van der Waals surface area contributed by atoms with E-state index < -0.39 is 68.1 Å². The molecule has 0 radical (unpaired) electrons. The van der Waals surface area contributed by atoms with E-state index in [9.17, 15) is 74.3 Å². The Hall–Kier alpha value is -1.98. The average molecular weight is 1000 g/mol. The van der Waals surface area contributed by atoms with Gasteiger partial charge in [-0.3, -0.25) is 4.94 Å². The van der Waals surface area contributed by atoms with E-state index >= 15 is 0 Å². The summed E-state index contributed by atoms with van der Waals surface area (Å²) in [5, 5.41) is 0. The quantitative estimate of drug-likeness (QED) is 0.153. The Balaban J connectivity index is -0.000000390. The van der Waals surface area contributed by atoms with Crippen LogP contribution < -0.4 is 61.5 Å². The van der Waals surface area contributed by atoms with Crippen LogP contribution in [-0.4, -0.2) is 49.2 Å². The number of halogens is 12. The van der Waals surface area contributed by atoms with Crippen molar-refractivity contribution in [3.8, 4) is 5.75 Å². The van der Waals surface area contributed by atoms with Crippen LogP contribution in [-0.2, 0) is 53.2 Å². The Morgan fingerprint density at radius 3 is 1.33 bits per heavy atom. The van der Waals surface area contributed by atoms with E-state index in [2.05, 4.69) is 35.6 Å². The number of pyridine rings is 1. The Morgan fingerprint density at radius 2 is 1.00 bits per heavy atom. The van der Waals surface area contributed by atoms with Crippen LogP contribution in [0.1, 0.15) is 83.8 Å². The van der Waals surface area contributed by atoms with E-state index in [-0.39, 0.29) is 92.1 Å². The van der Waals surface area contributed by atoms with Crippen LogP contribution in [0, 0.1) is 0 Å². The number of aromatic nitrogens is 1. The number of hydrogen-bond acceptors (Lipinski definition) is 12. The molecule has 0 amide bonds. The number of hydrogen-bond donors (Lipinski definition) is 0. The first-order chi connectivity index (χ1) is 28.2. The van der Waals surface area contributed by atoms with Gasteiger partial charge in [-0.15, -0.1) is 4.36 Å². The van der Waals surface area contributed by atoms with Gasteiger partial charge < -0.3 is 0 Å². The molecule has 0 N–H and O–H groups in total. The second-order valence-electron chi connectivity index (χ2n) is 11.9. The number of benzene rings is 2. The molecule has 2 aromatic carbocycles. The fourth-order valence-corrected chi connectivity index (χ4v) is 6.87. The van der Waals surface area contributed by atoms with Crippen molar-refractivity contribution in [2.75, 3.05) is 0 Å². The van der Waals surface area contributed by atoms with E-state index in [1.54, 1.807) is 6.07 Å². The van der Waals surface area contributed by atoms with Gasteiger partial charge in [0.25, 0.3) is 40.1 Å². The second kappa shape index (κ2) is 31.9. The van der Waals surface area contributed by atoms with Gasteiger partial charge in [0.2, 0.25) is 5.92 Å². The molecular formula is C32H40F12Li3N4O9S4+3. The second-order valence-corrected chi connectivity index (χ2v) is 18.8. The van der Waals surface area contributed by atoms with Crippen LogP contribution >= 0.6 is 0 Å². The normalized spacial score (nSPS) is 14.8. The Bertz CT molecular complexity index is 2270. The molecule has 13 nitrogen and oxygen atoms in total. The zero-order chi connectivity index (χ0) is 47.4. The van der Waals surface area contributed by atoms with Crippen LogP contribution in [0.4, 0.5) is 64.7 Å². The van der Waals surface area contributed by atoms with Crippen molar-refractivity contribution >= 4 is 51.6 Å². The zero-order valence-corrected chi connectivity index (χ0v) is 38.8. The Labute approximate surface area is 399 Å². The average Bonchev–Trinajstić information content (AvgIpc) is 3.23. The molecule has 0 spiro atoms. The van der Waals surface area contributed by atoms with Gasteiger partial charge >= 0.3 is 73.9 Å². The van der Waals surface area contributed by atoms with E-state index in [1.807, 2.05) is 27.7 Å². The van der Waals surface area contributed by atoms with Crippen LogP contribution in [0.2, 0.25) is 0 Å². The van der Waals surface area contributed by atoms with Gasteiger partial charge in [-0.05, 0) is 98.8 Å². The molecule has 350 valence electrons. The summed E-state index contributed by atoms with van der Waals surface area (Å²) in [5.41, 5.74) is 1.47. The smallest absolute Gasteiger partial charge is 0.294 e. The predicted molar refractivity (Wildman–Crippen MR) is 200 cm³/mol. The largest absolute Gasteiger partial charge is 1.00 e. The van der Waals surface area contributed by atoms with Crippen LogP contribution in [0.3, 0.4) is 0 Å².